The molecule has 0 saturated carbocycles. The van der Waals surface area contributed by atoms with E-state index in [0.717, 1.165) is 11.1 Å². The van der Waals surface area contributed by atoms with E-state index >= 15 is 0 Å². The summed E-state index contributed by atoms with van der Waals surface area (Å²) in [5.74, 6) is -0.308. The SMILES string of the molecule is Cc1ccc(F)cc1C(CN)OC(C)C(C)O. The van der Waals surface area contributed by atoms with E-state index in [0.29, 0.717) is 0 Å². The average Bonchev–Trinajstić information content (AvgIpc) is 2.29. The van der Waals surface area contributed by atoms with Gasteiger partial charge in [0.05, 0.1) is 18.3 Å². The summed E-state index contributed by atoms with van der Waals surface area (Å²) in [4.78, 5) is 0. The lowest BCUT2D eigenvalue weighted by molar-refractivity contribution is -0.0594. The van der Waals surface area contributed by atoms with Gasteiger partial charge in [0.25, 0.3) is 0 Å². The number of ether oxygens (including phenoxy) is 1. The first-order valence-electron chi connectivity index (χ1n) is 5.75. The highest BCUT2D eigenvalue weighted by atomic mass is 19.1. The molecule has 96 valence electrons. The predicted octanol–water partition coefficient (Wildman–Crippen LogP) is 1.92. The van der Waals surface area contributed by atoms with Crippen LogP contribution in [0.4, 0.5) is 4.39 Å². The maximum Gasteiger partial charge on any atom is 0.123 e. The third kappa shape index (κ3) is 3.77. The molecule has 3 atom stereocenters. The summed E-state index contributed by atoms with van der Waals surface area (Å²) < 4.78 is 18.8. The van der Waals surface area contributed by atoms with Gasteiger partial charge in [0, 0.05) is 6.54 Å². The second-order valence-corrected chi connectivity index (χ2v) is 4.31. The fourth-order valence-corrected chi connectivity index (χ4v) is 1.59. The normalized spacial score (nSPS) is 16.6. The Morgan fingerprint density at radius 1 is 1.41 bits per heavy atom. The molecule has 0 fully saturated rings. The van der Waals surface area contributed by atoms with Crippen LogP contribution >= 0.6 is 0 Å². The molecule has 1 rings (SSSR count). The van der Waals surface area contributed by atoms with Crippen LogP contribution in [0.1, 0.15) is 31.1 Å². The van der Waals surface area contributed by atoms with Gasteiger partial charge in [-0.1, -0.05) is 6.07 Å². The molecular formula is C13H20FNO2. The lowest BCUT2D eigenvalue weighted by Gasteiger charge is -2.24. The highest BCUT2D eigenvalue weighted by molar-refractivity contribution is 5.29. The summed E-state index contributed by atoms with van der Waals surface area (Å²) in [5.41, 5.74) is 7.31. The van der Waals surface area contributed by atoms with Crippen molar-refractivity contribution in [2.75, 3.05) is 6.54 Å². The monoisotopic (exact) mass is 241 g/mol. The van der Waals surface area contributed by atoms with Crippen molar-refractivity contribution in [3.05, 3.63) is 35.1 Å². The molecule has 0 amide bonds. The number of aliphatic hydroxyl groups excluding tert-OH is 1. The summed E-state index contributed by atoms with van der Waals surface area (Å²) in [6, 6.07) is 4.54. The van der Waals surface area contributed by atoms with Gasteiger partial charge >= 0.3 is 0 Å². The molecule has 0 bridgehead atoms. The zero-order valence-corrected chi connectivity index (χ0v) is 10.5. The second kappa shape index (κ2) is 6.10. The summed E-state index contributed by atoms with van der Waals surface area (Å²) in [5, 5.41) is 9.40. The van der Waals surface area contributed by atoms with Crippen LogP contribution in [0.5, 0.6) is 0 Å². The molecule has 3 N–H and O–H groups in total. The number of benzene rings is 1. The molecule has 0 aromatic heterocycles. The molecule has 3 unspecified atom stereocenters. The van der Waals surface area contributed by atoms with Crippen molar-refractivity contribution in [2.24, 2.45) is 5.73 Å². The van der Waals surface area contributed by atoms with Gasteiger partial charge in [-0.25, -0.2) is 4.39 Å². The van der Waals surface area contributed by atoms with E-state index in [9.17, 15) is 9.50 Å². The summed E-state index contributed by atoms with van der Waals surface area (Å²) >= 11 is 0. The Morgan fingerprint density at radius 2 is 2.06 bits per heavy atom. The van der Waals surface area contributed by atoms with E-state index in [1.165, 1.54) is 12.1 Å². The highest BCUT2D eigenvalue weighted by Gasteiger charge is 2.19. The van der Waals surface area contributed by atoms with Gasteiger partial charge in [0.15, 0.2) is 0 Å². The van der Waals surface area contributed by atoms with Crippen molar-refractivity contribution in [3.8, 4) is 0 Å². The third-order valence-corrected chi connectivity index (χ3v) is 2.86. The van der Waals surface area contributed by atoms with Crippen LogP contribution in [0, 0.1) is 12.7 Å². The average molecular weight is 241 g/mol. The first-order chi connectivity index (χ1) is 7.95. The fourth-order valence-electron chi connectivity index (χ4n) is 1.59. The molecule has 0 aliphatic carbocycles. The van der Waals surface area contributed by atoms with Crippen LogP contribution < -0.4 is 5.73 Å². The molecule has 1 aromatic rings. The van der Waals surface area contributed by atoms with Crippen LogP contribution in [0.25, 0.3) is 0 Å². The van der Waals surface area contributed by atoms with Crippen LogP contribution in [-0.4, -0.2) is 23.9 Å². The minimum Gasteiger partial charge on any atom is -0.391 e. The highest BCUT2D eigenvalue weighted by Crippen LogP contribution is 2.23. The first kappa shape index (κ1) is 14.1. The van der Waals surface area contributed by atoms with Crippen LogP contribution in [0.3, 0.4) is 0 Å². The Bertz CT molecular complexity index is 368. The summed E-state index contributed by atoms with van der Waals surface area (Å²) in [6.07, 6.45) is -1.32. The quantitative estimate of drug-likeness (QED) is 0.828. The molecule has 0 heterocycles. The Morgan fingerprint density at radius 3 is 2.59 bits per heavy atom. The number of aliphatic hydroxyl groups is 1. The van der Waals surface area contributed by atoms with Gasteiger partial charge in [-0.2, -0.15) is 0 Å². The third-order valence-electron chi connectivity index (χ3n) is 2.86. The van der Waals surface area contributed by atoms with E-state index in [-0.39, 0.29) is 18.5 Å². The molecule has 0 aliphatic heterocycles. The maximum absolute atomic E-state index is 13.2. The van der Waals surface area contributed by atoms with Crippen molar-refractivity contribution < 1.29 is 14.2 Å². The van der Waals surface area contributed by atoms with Crippen molar-refractivity contribution in [2.45, 2.75) is 39.1 Å². The number of hydrogen-bond donors (Lipinski definition) is 2. The predicted molar refractivity (Wildman–Crippen MR) is 65.2 cm³/mol. The summed E-state index contributed by atoms with van der Waals surface area (Å²) in [7, 11) is 0. The van der Waals surface area contributed by atoms with Gasteiger partial charge in [-0.05, 0) is 44.0 Å². The van der Waals surface area contributed by atoms with Crippen molar-refractivity contribution in [3.63, 3.8) is 0 Å². The summed E-state index contributed by atoms with van der Waals surface area (Å²) in [6.45, 7) is 5.55. The lowest BCUT2D eigenvalue weighted by Crippen LogP contribution is -2.28. The van der Waals surface area contributed by atoms with Gasteiger partial charge in [0.1, 0.15) is 5.82 Å². The minimum absolute atomic E-state index is 0.251. The minimum atomic E-state index is -0.585. The number of aryl methyl sites for hydroxylation is 1. The van der Waals surface area contributed by atoms with E-state index in [2.05, 4.69) is 0 Å². The van der Waals surface area contributed by atoms with Gasteiger partial charge < -0.3 is 15.6 Å². The number of hydrogen-bond acceptors (Lipinski definition) is 3. The lowest BCUT2D eigenvalue weighted by atomic mass is 10.0. The molecule has 4 heteroatoms. The molecule has 0 radical (unpaired) electrons. The second-order valence-electron chi connectivity index (χ2n) is 4.31. The van der Waals surface area contributed by atoms with Gasteiger partial charge in [-0.3, -0.25) is 0 Å². The van der Waals surface area contributed by atoms with E-state index in [4.69, 9.17) is 10.5 Å². The smallest absolute Gasteiger partial charge is 0.123 e. The van der Waals surface area contributed by atoms with Gasteiger partial charge in [0.2, 0.25) is 0 Å². The number of nitrogens with two attached hydrogens (primary N) is 1. The zero-order chi connectivity index (χ0) is 13.0. The van der Waals surface area contributed by atoms with Crippen LogP contribution in [0.2, 0.25) is 0 Å². The van der Waals surface area contributed by atoms with E-state index < -0.39 is 12.2 Å². The molecule has 1 aromatic carbocycles. The van der Waals surface area contributed by atoms with Gasteiger partial charge in [-0.15, -0.1) is 0 Å². The largest absolute Gasteiger partial charge is 0.391 e. The number of halogens is 1. The fraction of sp³-hybridized carbons (Fsp3) is 0.538. The first-order valence-corrected chi connectivity index (χ1v) is 5.75. The maximum atomic E-state index is 13.2. The number of rotatable bonds is 5. The van der Waals surface area contributed by atoms with Crippen LogP contribution in [-0.2, 0) is 4.74 Å². The van der Waals surface area contributed by atoms with Crippen molar-refractivity contribution in [1.29, 1.82) is 0 Å². The Kier molecular flexibility index (Phi) is 5.05. The topological polar surface area (TPSA) is 55.5 Å². The Balaban J connectivity index is 2.89. The van der Waals surface area contributed by atoms with E-state index in [1.54, 1.807) is 19.9 Å². The molecule has 3 nitrogen and oxygen atoms in total. The van der Waals surface area contributed by atoms with Crippen LogP contribution in [0.15, 0.2) is 18.2 Å². The zero-order valence-electron chi connectivity index (χ0n) is 10.5. The van der Waals surface area contributed by atoms with E-state index in [1.807, 2.05) is 6.92 Å². The molecule has 0 spiro atoms. The Labute approximate surface area is 101 Å². The molecule has 17 heavy (non-hydrogen) atoms. The van der Waals surface area contributed by atoms with Crippen molar-refractivity contribution in [1.82, 2.24) is 0 Å². The molecular weight excluding hydrogens is 221 g/mol. The standard InChI is InChI=1S/C13H20FNO2/c1-8-4-5-11(14)6-12(8)13(7-15)17-10(3)9(2)16/h4-6,9-10,13,16H,7,15H2,1-3H3. The molecule has 0 aliphatic rings. The Hall–Kier alpha value is -0.970. The van der Waals surface area contributed by atoms with Crippen molar-refractivity contribution >= 4 is 0 Å². The molecule has 0 saturated heterocycles.